The number of rotatable bonds is 1. The van der Waals surface area contributed by atoms with Crippen LogP contribution in [0.2, 0.25) is 0 Å². The first-order valence-electron chi connectivity index (χ1n) is 9.00. The van der Waals surface area contributed by atoms with Crippen LogP contribution >= 0.6 is 0 Å². The zero-order valence-electron chi connectivity index (χ0n) is 14.8. The molecule has 2 aliphatic rings. The molecule has 0 unspecified atom stereocenters. The molecule has 0 bridgehead atoms. The van der Waals surface area contributed by atoms with Gasteiger partial charge in [-0.05, 0) is 43.3 Å². The van der Waals surface area contributed by atoms with Gasteiger partial charge in [0.25, 0.3) is 0 Å². The lowest BCUT2D eigenvalue weighted by atomic mass is 9.95. The van der Waals surface area contributed by atoms with Gasteiger partial charge in [-0.2, -0.15) is 0 Å². The predicted molar refractivity (Wildman–Crippen MR) is 104 cm³/mol. The molecule has 4 aromatic rings. The molecule has 3 heterocycles. The van der Waals surface area contributed by atoms with Crippen LogP contribution in [0.25, 0.3) is 22.4 Å². The Hall–Kier alpha value is -3.47. The molecule has 1 aromatic heterocycles. The quantitative estimate of drug-likeness (QED) is 0.543. The molecule has 0 amide bonds. The minimum absolute atomic E-state index is 0.269. The highest BCUT2D eigenvalue weighted by atomic mass is 16.7. The molecule has 27 heavy (non-hydrogen) atoms. The third kappa shape index (κ3) is 1.91. The first-order chi connectivity index (χ1) is 13.2. The lowest BCUT2D eigenvalue weighted by molar-refractivity contribution is 0.174. The van der Waals surface area contributed by atoms with E-state index in [1.165, 1.54) is 0 Å². The van der Waals surface area contributed by atoms with Crippen molar-refractivity contribution in [3.05, 3.63) is 72.3 Å². The summed E-state index contributed by atoms with van der Waals surface area (Å²) in [5.41, 5.74) is 4.83. The zero-order valence-corrected chi connectivity index (χ0v) is 14.8. The van der Waals surface area contributed by atoms with Crippen molar-refractivity contribution in [2.75, 3.05) is 12.1 Å². The van der Waals surface area contributed by atoms with Crippen molar-refractivity contribution >= 4 is 16.7 Å². The Balaban J connectivity index is 1.67. The highest BCUT2D eigenvalue weighted by molar-refractivity contribution is 5.87. The average Bonchev–Trinajstić information content (AvgIpc) is 3.32. The van der Waals surface area contributed by atoms with E-state index in [0.29, 0.717) is 0 Å². The van der Waals surface area contributed by atoms with Crippen LogP contribution in [0.1, 0.15) is 12.5 Å². The van der Waals surface area contributed by atoms with Gasteiger partial charge in [0.15, 0.2) is 11.5 Å². The van der Waals surface area contributed by atoms with Gasteiger partial charge in [0.05, 0.1) is 11.0 Å². The first kappa shape index (κ1) is 14.7. The molecule has 6 rings (SSSR count). The second kappa shape index (κ2) is 5.04. The standard InChI is InChI=1S/C22H17N3O2/c1-22(14-10-11-19-20(12-14)27-13-26-19)24-16-7-3-2-6-15(16)21-23-17-8-4-5-9-18(17)25(21)22/h2-12,24H,13H2,1H3/t22-/m1/s1. The van der Waals surface area contributed by atoms with E-state index in [1.54, 1.807) is 0 Å². The minimum atomic E-state index is -0.513. The third-order valence-corrected chi connectivity index (χ3v) is 5.49. The van der Waals surface area contributed by atoms with Crippen LogP contribution in [0, 0.1) is 0 Å². The zero-order chi connectivity index (χ0) is 18.0. The van der Waals surface area contributed by atoms with E-state index in [9.17, 15) is 0 Å². The highest BCUT2D eigenvalue weighted by Gasteiger charge is 2.38. The number of ether oxygens (including phenoxy) is 2. The van der Waals surface area contributed by atoms with E-state index in [-0.39, 0.29) is 6.79 Å². The number of nitrogens with one attached hydrogen (secondary N) is 1. The Morgan fingerprint density at radius 1 is 0.963 bits per heavy atom. The van der Waals surface area contributed by atoms with Gasteiger partial charge >= 0.3 is 0 Å². The number of aromatic nitrogens is 2. The molecule has 0 radical (unpaired) electrons. The highest BCUT2D eigenvalue weighted by Crippen LogP contribution is 2.45. The smallest absolute Gasteiger partial charge is 0.231 e. The van der Waals surface area contributed by atoms with Gasteiger partial charge in [0, 0.05) is 16.8 Å². The summed E-state index contributed by atoms with van der Waals surface area (Å²) >= 11 is 0. The van der Waals surface area contributed by atoms with Crippen LogP contribution in [0.4, 0.5) is 5.69 Å². The average molecular weight is 355 g/mol. The van der Waals surface area contributed by atoms with Gasteiger partial charge < -0.3 is 14.8 Å². The van der Waals surface area contributed by atoms with Crippen LogP contribution < -0.4 is 14.8 Å². The number of fused-ring (bicyclic) bond motifs is 6. The lowest BCUT2D eigenvalue weighted by Crippen LogP contribution is -2.42. The second-order valence-corrected chi connectivity index (χ2v) is 7.07. The fourth-order valence-electron chi connectivity index (χ4n) is 4.17. The van der Waals surface area contributed by atoms with Crippen molar-refractivity contribution < 1.29 is 9.47 Å². The topological polar surface area (TPSA) is 48.3 Å². The molecule has 3 aromatic carbocycles. The van der Waals surface area contributed by atoms with Gasteiger partial charge in [-0.1, -0.05) is 30.3 Å². The van der Waals surface area contributed by atoms with Crippen LogP contribution in [-0.2, 0) is 5.66 Å². The number of imidazole rings is 1. The Kier molecular flexibility index (Phi) is 2.74. The Labute approximate surface area is 156 Å². The summed E-state index contributed by atoms with van der Waals surface area (Å²) in [6, 6.07) is 22.7. The summed E-state index contributed by atoms with van der Waals surface area (Å²) < 4.78 is 13.4. The molecule has 5 heteroatoms. The summed E-state index contributed by atoms with van der Waals surface area (Å²) in [4.78, 5) is 4.96. The summed E-state index contributed by atoms with van der Waals surface area (Å²) in [5, 5.41) is 3.74. The maximum absolute atomic E-state index is 5.63. The van der Waals surface area contributed by atoms with Gasteiger partial charge in [-0.15, -0.1) is 0 Å². The van der Waals surface area contributed by atoms with Crippen LogP contribution in [0.3, 0.4) is 0 Å². The van der Waals surface area contributed by atoms with Gasteiger partial charge in [-0.25, -0.2) is 4.98 Å². The van der Waals surface area contributed by atoms with Crippen molar-refractivity contribution in [1.29, 1.82) is 0 Å². The summed E-state index contributed by atoms with van der Waals surface area (Å²) in [7, 11) is 0. The SMILES string of the molecule is C[C@@]1(c2ccc3c(c2)OCO3)Nc2ccccc2-c2nc3ccccc3n21. The maximum atomic E-state index is 5.63. The Morgan fingerprint density at radius 2 is 1.78 bits per heavy atom. The molecule has 0 saturated carbocycles. The molecular formula is C22H17N3O2. The number of anilines is 1. The molecular weight excluding hydrogens is 338 g/mol. The number of para-hydroxylation sites is 3. The van der Waals surface area contributed by atoms with E-state index in [0.717, 1.165) is 45.2 Å². The van der Waals surface area contributed by atoms with E-state index in [2.05, 4.69) is 59.3 Å². The lowest BCUT2D eigenvalue weighted by Gasteiger charge is -2.40. The monoisotopic (exact) mass is 355 g/mol. The van der Waals surface area contributed by atoms with E-state index in [1.807, 2.05) is 24.3 Å². The summed E-state index contributed by atoms with van der Waals surface area (Å²) in [6.45, 7) is 2.45. The molecule has 132 valence electrons. The van der Waals surface area contributed by atoms with Crippen molar-refractivity contribution in [3.63, 3.8) is 0 Å². The Morgan fingerprint density at radius 3 is 2.74 bits per heavy atom. The molecule has 1 N–H and O–H groups in total. The van der Waals surface area contributed by atoms with Gasteiger partial charge in [0.2, 0.25) is 6.79 Å². The third-order valence-electron chi connectivity index (χ3n) is 5.49. The second-order valence-electron chi connectivity index (χ2n) is 7.07. The first-order valence-corrected chi connectivity index (χ1v) is 9.00. The van der Waals surface area contributed by atoms with Crippen molar-refractivity contribution in [2.24, 2.45) is 0 Å². The van der Waals surface area contributed by atoms with Crippen LogP contribution in [0.15, 0.2) is 66.7 Å². The van der Waals surface area contributed by atoms with E-state index in [4.69, 9.17) is 14.5 Å². The fraction of sp³-hybridized carbons (Fsp3) is 0.136. The molecule has 2 aliphatic heterocycles. The largest absolute Gasteiger partial charge is 0.454 e. The van der Waals surface area contributed by atoms with Crippen LogP contribution in [-0.4, -0.2) is 16.3 Å². The number of benzene rings is 3. The maximum Gasteiger partial charge on any atom is 0.231 e. The van der Waals surface area contributed by atoms with E-state index < -0.39 is 5.66 Å². The molecule has 0 aliphatic carbocycles. The fourth-order valence-corrected chi connectivity index (χ4v) is 4.17. The minimum Gasteiger partial charge on any atom is -0.454 e. The van der Waals surface area contributed by atoms with Gasteiger partial charge in [0.1, 0.15) is 11.5 Å². The van der Waals surface area contributed by atoms with Crippen molar-refractivity contribution in [2.45, 2.75) is 12.6 Å². The predicted octanol–water partition coefficient (Wildman–Crippen LogP) is 4.58. The van der Waals surface area contributed by atoms with Crippen molar-refractivity contribution in [1.82, 2.24) is 9.55 Å². The molecule has 0 spiro atoms. The summed E-state index contributed by atoms with van der Waals surface area (Å²) in [5.74, 6) is 2.53. The molecule has 5 nitrogen and oxygen atoms in total. The molecule has 1 atom stereocenters. The molecule has 0 fully saturated rings. The van der Waals surface area contributed by atoms with Crippen molar-refractivity contribution in [3.8, 4) is 22.9 Å². The number of nitrogens with zero attached hydrogens (tertiary/aromatic N) is 2. The number of hydrogen-bond acceptors (Lipinski definition) is 4. The van der Waals surface area contributed by atoms with E-state index >= 15 is 0 Å². The molecule has 0 saturated heterocycles. The normalized spacial score (nSPS) is 19.4. The van der Waals surface area contributed by atoms with Gasteiger partial charge in [-0.3, -0.25) is 4.57 Å². The van der Waals surface area contributed by atoms with Crippen LogP contribution in [0.5, 0.6) is 11.5 Å². The number of hydrogen-bond donors (Lipinski definition) is 1. The Bertz CT molecular complexity index is 1210. The summed E-state index contributed by atoms with van der Waals surface area (Å²) in [6.07, 6.45) is 0.